The van der Waals surface area contributed by atoms with Gasteiger partial charge < -0.3 is 4.90 Å². The molecule has 1 heterocycles. The minimum absolute atomic E-state index is 0.405. The maximum atomic E-state index is 13.5. The van der Waals surface area contributed by atoms with E-state index in [1.54, 1.807) is 24.3 Å². The summed E-state index contributed by atoms with van der Waals surface area (Å²) in [5, 5.41) is -0.515. The topological polar surface area (TPSA) is 40.6 Å². The average molecular weight is 463 g/mol. The normalized spacial score (nSPS) is 16.0. The molecule has 174 valence electrons. The number of sulfone groups is 1. The van der Waals surface area contributed by atoms with Crippen LogP contribution in [0.15, 0.2) is 89.8 Å². The molecule has 1 fully saturated rings. The van der Waals surface area contributed by atoms with Crippen molar-refractivity contribution in [3.8, 4) is 0 Å². The van der Waals surface area contributed by atoms with Gasteiger partial charge in [0.25, 0.3) is 0 Å². The summed E-state index contributed by atoms with van der Waals surface area (Å²) in [5.41, 5.74) is 3.64. The van der Waals surface area contributed by atoms with Gasteiger partial charge in [0.15, 0.2) is 9.84 Å². The number of nitrogens with zero attached hydrogens (tertiary/aromatic N) is 2. The summed E-state index contributed by atoms with van der Waals surface area (Å²) in [6, 6.07) is 27.2. The fraction of sp³-hybridized carbons (Fsp3) is 0.357. The van der Waals surface area contributed by atoms with Gasteiger partial charge in [-0.1, -0.05) is 73.7 Å². The summed E-state index contributed by atoms with van der Waals surface area (Å²) < 4.78 is 26.9. The number of rotatable bonds is 9. The van der Waals surface area contributed by atoms with Gasteiger partial charge in [0.1, 0.15) is 0 Å². The second-order valence-corrected chi connectivity index (χ2v) is 10.8. The second-order valence-electron chi connectivity index (χ2n) is 8.71. The van der Waals surface area contributed by atoms with Gasteiger partial charge in [0.2, 0.25) is 0 Å². The maximum absolute atomic E-state index is 13.5. The van der Waals surface area contributed by atoms with Crippen LogP contribution in [0.2, 0.25) is 0 Å². The number of piperazine rings is 1. The van der Waals surface area contributed by atoms with E-state index in [1.807, 2.05) is 36.4 Å². The van der Waals surface area contributed by atoms with Gasteiger partial charge in [0, 0.05) is 31.9 Å². The van der Waals surface area contributed by atoms with E-state index < -0.39 is 15.1 Å². The van der Waals surface area contributed by atoms with Crippen molar-refractivity contribution in [2.24, 2.45) is 0 Å². The lowest BCUT2D eigenvalue weighted by Crippen LogP contribution is -2.47. The Balaban J connectivity index is 1.38. The molecule has 0 N–H and O–H groups in total. The number of anilines is 1. The van der Waals surface area contributed by atoms with E-state index in [-0.39, 0.29) is 0 Å². The molecule has 33 heavy (non-hydrogen) atoms. The van der Waals surface area contributed by atoms with E-state index in [0.29, 0.717) is 11.3 Å². The van der Waals surface area contributed by atoms with E-state index in [1.165, 1.54) is 11.3 Å². The SMILES string of the molecule is CCc1ccccc1N1CCN(CCCC(c2ccccc2)S(=O)(=O)c2ccccc2)CC1. The monoisotopic (exact) mass is 462 g/mol. The highest BCUT2D eigenvalue weighted by Crippen LogP contribution is 2.33. The van der Waals surface area contributed by atoms with Crippen LogP contribution in [0.5, 0.6) is 0 Å². The lowest BCUT2D eigenvalue weighted by atomic mass is 10.1. The Morgan fingerprint density at radius 3 is 2.06 bits per heavy atom. The third-order valence-electron chi connectivity index (χ3n) is 6.64. The van der Waals surface area contributed by atoms with Gasteiger partial charge in [0.05, 0.1) is 10.1 Å². The molecule has 1 saturated heterocycles. The van der Waals surface area contributed by atoms with E-state index in [2.05, 4.69) is 41.0 Å². The van der Waals surface area contributed by atoms with E-state index in [9.17, 15) is 8.42 Å². The highest BCUT2D eigenvalue weighted by molar-refractivity contribution is 7.91. The van der Waals surface area contributed by atoms with Gasteiger partial charge in [-0.3, -0.25) is 4.90 Å². The highest BCUT2D eigenvalue weighted by Gasteiger charge is 2.29. The minimum atomic E-state index is -3.44. The summed E-state index contributed by atoms with van der Waals surface area (Å²) in [6.07, 6.45) is 2.53. The first-order chi connectivity index (χ1) is 16.1. The van der Waals surface area contributed by atoms with Crippen LogP contribution in [0.3, 0.4) is 0 Å². The van der Waals surface area contributed by atoms with Crippen LogP contribution in [0.25, 0.3) is 0 Å². The first kappa shape index (κ1) is 23.5. The molecular weight excluding hydrogens is 428 g/mol. The van der Waals surface area contributed by atoms with Crippen molar-refractivity contribution in [1.29, 1.82) is 0 Å². The van der Waals surface area contributed by atoms with Gasteiger partial charge >= 0.3 is 0 Å². The van der Waals surface area contributed by atoms with Crippen molar-refractivity contribution >= 4 is 15.5 Å². The second kappa shape index (κ2) is 11.0. The summed E-state index contributed by atoms with van der Waals surface area (Å²) >= 11 is 0. The van der Waals surface area contributed by atoms with Crippen LogP contribution < -0.4 is 4.90 Å². The van der Waals surface area contributed by atoms with Crippen molar-refractivity contribution in [1.82, 2.24) is 4.90 Å². The summed E-state index contributed by atoms with van der Waals surface area (Å²) in [4.78, 5) is 5.37. The molecule has 0 saturated carbocycles. The predicted molar refractivity (Wildman–Crippen MR) is 137 cm³/mol. The zero-order chi connectivity index (χ0) is 23.1. The first-order valence-electron chi connectivity index (χ1n) is 12.0. The van der Waals surface area contributed by atoms with Crippen molar-refractivity contribution < 1.29 is 8.42 Å². The molecule has 0 aliphatic carbocycles. The number of benzene rings is 3. The zero-order valence-corrected chi connectivity index (χ0v) is 20.3. The Labute approximate surface area is 198 Å². The molecule has 1 aliphatic heterocycles. The Bertz CT molecular complexity index is 1110. The highest BCUT2D eigenvalue weighted by atomic mass is 32.2. The van der Waals surface area contributed by atoms with Crippen molar-refractivity contribution in [3.05, 3.63) is 96.1 Å². The molecule has 5 heteroatoms. The standard InChI is InChI=1S/C28H34N2O2S/c1-2-24-12-9-10-17-27(24)30-22-20-29(21-23-30)19-11-18-28(25-13-5-3-6-14-25)33(31,32)26-15-7-4-8-16-26/h3-10,12-17,28H,2,11,18-23H2,1H3. The van der Waals surface area contributed by atoms with Crippen molar-refractivity contribution in [2.45, 2.75) is 36.3 Å². The molecule has 0 radical (unpaired) electrons. The molecule has 1 atom stereocenters. The molecule has 0 aromatic heterocycles. The fourth-order valence-electron chi connectivity index (χ4n) is 4.77. The Morgan fingerprint density at radius 2 is 1.39 bits per heavy atom. The summed E-state index contributed by atoms with van der Waals surface area (Å²) in [5.74, 6) is 0. The largest absolute Gasteiger partial charge is 0.369 e. The van der Waals surface area contributed by atoms with E-state index in [0.717, 1.165) is 51.1 Å². The quantitative estimate of drug-likeness (QED) is 0.429. The molecule has 3 aromatic carbocycles. The Hall–Kier alpha value is -2.63. The third-order valence-corrected chi connectivity index (χ3v) is 8.83. The molecule has 1 unspecified atom stereocenters. The van der Waals surface area contributed by atoms with Crippen LogP contribution in [-0.2, 0) is 16.3 Å². The van der Waals surface area contributed by atoms with Gasteiger partial charge in [-0.25, -0.2) is 8.42 Å². The predicted octanol–water partition coefficient (Wildman–Crippen LogP) is 5.37. The molecule has 3 aromatic rings. The van der Waals surface area contributed by atoms with Crippen LogP contribution >= 0.6 is 0 Å². The molecule has 0 amide bonds. The van der Waals surface area contributed by atoms with Crippen LogP contribution in [-0.4, -0.2) is 46.0 Å². The summed E-state index contributed by atoms with van der Waals surface area (Å²) in [6.45, 7) is 7.19. The smallest absolute Gasteiger partial charge is 0.185 e. The molecule has 0 spiro atoms. The average Bonchev–Trinajstić information content (AvgIpc) is 2.88. The number of para-hydroxylation sites is 1. The number of hydrogen-bond donors (Lipinski definition) is 0. The van der Waals surface area contributed by atoms with Crippen LogP contribution in [0.1, 0.15) is 36.1 Å². The zero-order valence-electron chi connectivity index (χ0n) is 19.4. The van der Waals surface area contributed by atoms with E-state index >= 15 is 0 Å². The maximum Gasteiger partial charge on any atom is 0.185 e. The molecule has 4 nitrogen and oxygen atoms in total. The molecular formula is C28H34N2O2S. The van der Waals surface area contributed by atoms with Crippen LogP contribution in [0.4, 0.5) is 5.69 Å². The molecule has 0 bridgehead atoms. The molecule has 4 rings (SSSR count). The van der Waals surface area contributed by atoms with Gasteiger partial charge in [-0.15, -0.1) is 0 Å². The Kier molecular flexibility index (Phi) is 7.84. The molecule has 1 aliphatic rings. The lowest BCUT2D eigenvalue weighted by Gasteiger charge is -2.37. The first-order valence-corrected chi connectivity index (χ1v) is 13.5. The Morgan fingerprint density at radius 1 is 0.788 bits per heavy atom. The number of hydrogen-bond acceptors (Lipinski definition) is 4. The fourth-order valence-corrected chi connectivity index (χ4v) is 6.63. The number of aryl methyl sites for hydroxylation is 1. The third kappa shape index (κ3) is 5.66. The van der Waals surface area contributed by atoms with Gasteiger partial charge in [-0.05, 0) is 55.1 Å². The van der Waals surface area contributed by atoms with Gasteiger partial charge in [-0.2, -0.15) is 0 Å². The summed E-state index contributed by atoms with van der Waals surface area (Å²) in [7, 11) is -3.44. The lowest BCUT2D eigenvalue weighted by molar-refractivity contribution is 0.252. The van der Waals surface area contributed by atoms with Crippen molar-refractivity contribution in [3.63, 3.8) is 0 Å². The minimum Gasteiger partial charge on any atom is -0.369 e. The van der Waals surface area contributed by atoms with Crippen LogP contribution in [0, 0.1) is 0 Å². The van der Waals surface area contributed by atoms with Crippen molar-refractivity contribution in [2.75, 3.05) is 37.6 Å². The van der Waals surface area contributed by atoms with E-state index in [4.69, 9.17) is 0 Å².